The third kappa shape index (κ3) is 2.51. The fourth-order valence-corrected chi connectivity index (χ4v) is 2.99. The summed E-state index contributed by atoms with van der Waals surface area (Å²) in [4.78, 5) is 8.30. The van der Waals surface area contributed by atoms with Crippen LogP contribution >= 0.6 is 46.4 Å². The van der Waals surface area contributed by atoms with Gasteiger partial charge in [-0.15, -0.1) is 0 Å². The molecule has 3 nitrogen and oxygen atoms in total. The lowest BCUT2D eigenvalue weighted by Crippen LogP contribution is -1.97. The Kier molecular flexibility index (Phi) is 3.84. The Hall–Kier alpha value is -1.26. The number of hydrogen-bond acceptors (Lipinski definition) is 3. The summed E-state index contributed by atoms with van der Waals surface area (Å²) >= 11 is 24.4. The maximum absolute atomic E-state index is 6.21. The van der Waals surface area contributed by atoms with Gasteiger partial charge < -0.3 is 5.73 Å². The number of nitrogen functional groups attached to an aromatic ring is 1. The van der Waals surface area contributed by atoms with Crippen molar-refractivity contribution in [1.29, 1.82) is 0 Å². The van der Waals surface area contributed by atoms with Crippen LogP contribution in [-0.4, -0.2) is 9.97 Å². The second-order valence-electron chi connectivity index (χ2n) is 4.32. The van der Waals surface area contributed by atoms with Crippen molar-refractivity contribution in [2.75, 3.05) is 5.73 Å². The highest BCUT2D eigenvalue weighted by atomic mass is 35.5. The van der Waals surface area contributed by atoms with Gasteiger partial charge in [-0.05, 0) is 18.2 Å². The summed E-state index contributed by atoms with van der Waals surface area (Å²) in [5.74, 6) is 0.265. The molecule has 0 unspecified atom stereocenters. The van der Waals surface area contributed by atoms with Crippen LogP contribution in [0.4, 0.5) is 5.82 Å². The Bertz CT molecular complexity index is 844. The summed E-state index contributed by atoms with van der Waals surface area (Å²) in [5, 5.41) is 2.12. The highest BCUT2D eigenvalue weighted by Gasteiger charge is 2.15. The van der Waals surface area contributed by atoms with E-state index in [2.05, 4.69) is 9.97 Å². The minimum atomic E-state index is 0.180. The van der Waals surface area contributed by atoms with Gasteiger partial charge in [0.15, 0.2) is 0 Å². The molecule has 0 spiro atoms. The maximum Gasteiger partial charge on any atom is 0.149 e. The van der Waals surface area contributed by atoms with E-state index in [0.717, 1.165) is 0 Å². The molecule has 2 heterocycles. The van der Waals surface area contributed by atoms with E-state index in [1.54, 1.807) is 30.5 Å². The van der Waals surface area contributed by atoms with E-state index in [1.807, 2.05) is 0 Å². The quantitative estimate of drug-likeness (QED) is 0.585. The SMILES string of the molecule is Nc1nc2c(Cl)c(Cl)ncc2cc1-c1c(Cl)cccc1Cl. The maximum atomic E-state index is 6.21. The standard InChI is InChI=1S/C14H7Cl4N3/c15-8-2-1-3-9(16)10(8)7-4-6-5-20-13(18)11(17)12(6)21-14(7)19/h1-5H,(H2,19,21). The molecule has 3 aromatic rings. The zero-order valence-electron chi connectivity index (χ0n) is 10.4. The van der Waals surface area contributed by atoms with Gasteiger partial charge in [0.05, 0.1) is 15.6 Å². The Balaban J connectivity index is 2.35. The van der Waals surface area contributed by atoms with Crippen molar-refractivity contribution in [2.45, 2.75) is 0 Å². The lowest BCUT2D eigenvalue weighted by atomic mass is 10.0. The second-order valence-corrected chi connectivity index (χ2v) is 5.87. The first-order chi connectivity index (χ1) is 9.99. The second kappa shape index (κ2) is 5.50. The van der Waals surface area contributed by atoms with Gasteiger partial charge in [0.25, 0.3) is 0 Å². The number of nitrogens with zero attached hydrogens (tertiary/aromatic N) is 2. The topological polar surface area (TPSA) is 51.8 Å². The van der Waals surface area contributed by atoms with Crippen molar-refractivity contribution in [3.8, 4) is 11.1 Å². The van der Waals surface area contributed by atoms with E-state index < -0.39 is 0 Å². The van der Waals surface area contributed by atoms with Crippen molar-refractivity contribution in [3.05, 3.63) is 50.7 Å². The fourth-order valence-electron chi connectivity index (χ4n) is 2.05. The van der Waals surface area contributed by atoms with Crippen LogP contribution in [0.25, 0.3) is 22.0 Å². The average Bonchev–Trinajstić information content (AvgIpc) is 2.44. The third-order valence-corrected chi connectivity index (χ3v) is 4.39. The van der Waals surface area contributed by atoms with E-state index >= 15 is 0 Å². The van der Waals surface area contributed by atoms with E-state index in [9.17, 15) is 0 Å². The Morgan fingerprint density at radius 1 is 1.00 bits per heavy atom. The molecule has 21 heavy (non-hydrogen) atoms. The smallest absolute Gasteiger partial charge is 0.149 e. The number of hydrogen-bond donors (Lipinski definition) is 1. The highest BCUT2D eigenvalue weighted by Crippen LogP contribution is 2.39. The molecule has 3 rings (SSSR count). The lowest BCUT2D eigenvalue weighted by Gasteiger charge is -2.11. The van der Waals surface area contributed by atoms with Gasteiger partial charge >= 0.3 is 0 Å². The number of nitrogens with two attached hydrogens (primary N) is 1. The number of anilines is 1. The molecule has 0 aliphatic carbocycles. The minimum Gasteiger partial charge on any atom is -0.383 e. The third-order valence-electron chi connectivity index (χ3n) is 3.02. The molecule has 0 aliphatic heterocycles. The molecule has 0 bridgehead atoms. The molecule has 0 saturated carbocycles. The Morgan fingerprint density at radius 2 is 1.67 bits per heavy atom. The predicted octanol–water partition coefficient (Wildman–Crippen LogP) is 5.49. The van der Waals surface area contributed by atoms with Crippen LogP contribution in [0.5, 0.6) is 0 Å². The molecular formula is C14H7Cl4N3. The minimum absolute atomic E-state index is 0.180. The lowest BCUT2D eigenvalue weighted by molar-refractivity contribution is 1.33. The van der Waals surface area contributed by atoms with Crippen LogP contribution in [0.15, 0.2) is 30.5 Å². The number of fused-ring (bicyclic) bond motifs is 1. The fraction of sp³-hybridized carbons (Fsp3) is 0. The number of halogens is 4. The zero-order valence-corrected chi connectivity index (χ0v) is 13.4. The Morgan fingerprint density at radius 3 is 2.33 bits per heavy atom. The van der Waals surface area contributed by atoms with Crippen LogP contribution in [0.3, 0.4) is 0 Å². The number of aromatic nitrogens is 2. The predicted molar refractivity (Wildman–Crippen MR) is 89.4 cm³/mol. The van der Waals surface area contributed by atoms with Crippen LogP contribution in [0.1, 0.15) is 0 Å². The average molecular weight is 359 g/mol. The summed E-state index contributed by atoms with van der Waals surface area (Å²) in [7, 11) is 0. The van der Waals surface area contributed by atoms with Crippen LogP contribution in [0.2, 0.25) is 20.2 Å². The van der Waals surface area contributed by atoms with E-state index in [1.165, 1.54) is 0 Å². The van der Waals surface area contributed by atoms with E-state index in [4.69, 9.17) is 52.1 Å². The number of benzene rings is 1. The van der Waals surface area contributed by atoms with Gasteiger partial charge in [0.2, 0.25) is 0 Å². The first-order valence-corrected chi connectivity index (χ1v) is 7.35. The molecule has 1 aromatic carbocycles. The normalized spacial score (nSPS) is 11.0. The molecule has 0 fully saturated rings. The monoisotopic (exact) mass is 357 g/mol. The van der Waals surface area contributed by atoms with Gasteiger partial charge in [0, 0.05) is 22.7 Å². The summed E-state index contributed by atoms with van der Waals surface area (Å²) < 4.78 is 0. The van der Waals surface area contributed by atoms with Crippen molar-refractivity contribution >= 4 is 63.1 Å². The molecule has 106 valence electrons. The zero-order chi connectivity index (χ0) is 15.1. The molecular weight excluding hydrogens is 352 g/mol. The summed E-state index contributed by atoms with van der Waals surface area (Å²) in [6, 6.07) is 7.02. The molecule has 7 heteroatoms. The molecule has 0 radical (unpaired) electrons. The molecule has 0 amide bonds. The first kappa shape index (κ1) is 14.7. The van der Waals surface area contributed by atoms with Crippen molar-refractivity contribution in [3.63, 3.8) is 0 Å². The van der Waals surface area contributed by atoms with Gasteiger partial charge in [-0.25, -0.2) is 9.97 Å². The number of pyridine rings is 2. The molecule has 2 aromatic heterocycles. The van der Waals surface area contributed by atoms with E-state index in [-0.39, 0.29) is 16.0 Å². The van der Waals surface area contributed by atoms with Crippen LogP contribution in [0, 0.1) is 0 Å². The van der Waals surface area contributed by atoms with Crippen LogP contribution < -0.4 is 5.73 Å². The van der Waals surface area contributed by atoms with Gasteiger partial charge in [0.1, 0.15) is 16.0 Å². The van der Waals surface area contributed by atoms with Crippen molar-refractivity contribution in [2.24, 2.45) is 0 Å². The number of rotatable bonds is 1. The highest BCUT2D eigenvalue weighted by molar-refractivity contribution is 6.44. The summed E-state index contributed by atoms with van der Waals surface area (Å²) in [5.41, 5.74) is 7.76. The van der Waals surface area contributed by atoms with Crippen molar-refractivity contribution in [1.82, 2.24) is 9.97 Å². The Labute approximate surface area is 140 Å². The van der Waals surface area contributed by atoms with Crippen molar-refractivity contribution < 1.29 is 0 Å². The molecule has 0 saturated heterocycles. The summed E-state index contributed by atoms with van der Waals surface area (Å²) in [6.07, 6.45) is 1.57. The first-order valence-electron chi connectivity index (χ1n) is 5.83. The largest absolute Gasteiger partial charge is 0.383 e. The molecule has 0 aliphatic rings. The molecule has 2 N–H and O–H groups in total. The van der Waals surface area contributed by atoms with Crippen LogP contribution in [-0.2, 0) is 0 Å². The van der Waals surface area contributed by atoms with Gasteiger partial charge in [-0.1, -0.05) is 52.5 Å². The summed E-state index contributed by atoms with van der Waals surface area (Å²) in [6.45, 7) is 0. The van der Waals surface area contributed by atoms with E-state index in [0.29, 0.717) is 32.1 Å². The van der Waals surface area contributed by atoms with Gasteiger partial charge in [-0.3, -0.25) is 0 Å². The molecule has 0 atom stereocenters. The van der Waals surface area contributed by atoms with Gasteiger partial charge in [-0.2, -0.15) is 0 Å².